The number of nitro groups is 1. The van der Waals surface area contributed by atoms with Crippen LogP contribution >= 0.6 is 11.6 Å². The van der Waals surface area contributed by atoms with Crippen molar-refractivity contribution in [2.45, 2.75) is 13.0 Å². The van der Waals surface area contributed by atoms with Crippen molar-refractivity contribution in [3.8, 4) is 17.2 Å². The molecule has 2 aromatic rings. The first-order valence-electron chi connectivity index (χ1n) is 6.34. The highest BCUT2D eigenvalue weighted by molar-refractivity contribution is 6.64. The number of benzene rings is 2. The zero-order valence-corrected chi connectivity index (χ0v) is 12.3. The molecule has 1 unspecified atom stereocenters. The summed E-state index contributed by atoms with van der Waals surface area (Å²) in [5.41, 5.74) is -0.00386. The number of hydrogen-bond acceptors (Lipinski definition) is 5. The normalized spacial score (nSPS) is 11.5. The van der Waals surface area contributed by atoms with Gasteiger partial charge in [0.05, 0.1) is 4.92 Å². The third-order valence-electron chi connectivity index (χ3n) is 2.74. The van der Waals surface area contributed by atoms with Crippen LogP contribution in [-0.2, 0) is 4.79 Å². The van der Waals surface area contributed by atoms with E-state index in [2.05, 4.69) is 0 Å². The molecule has 0 fully saturated rings. The lowest BCUT2D eigenvalue weighted by Crippen LogP contribution is -2.18. The van der Waals surface area contributed by atoms with Crippen LogP contribution < -0.4 is 9.47 Å². The van der Waals surface area contributed by atoms with E-state index in [4.69, 9.17) is 21.1 Å². The SMILES string of the molecule is CC(Oc1ccc(Oc2ccc([N+](=O)[O-])cc2)cc1)C(=O)Cl. The monoisotopic (exact) mass is 321 g/mol. The molecule has 2 rings (SSSR count). The minimum atomic E-state index is -0.733. The summed E-state index contributed by atoms with van der Waals surface area (Å²) in [5.74, 6) is 1.49. The van der Waals surface area contributed by atoms with Gasteiger partial charge in [0.15, 0.2) is 6.10 Å². The predicted molar refractivity (Wildman–Crippen MR) is 80.6 cm³/mol. The van der Waals surface area contributed by atoms with E-state index in [0.717, 1.165) is 0 Å². The van der Waals surface area contributed by atoms with Crippen LogP contribution in [-0.4, -0.2) is 16.3 Å². The average molecular weight is 322 g/mol. The van der Waals surface area contributed by atoms with Gasteiger partial charge in [0.25, 0.3) is 10.9 Å². The molecule has 0 saturated heterocycles. The largest absolute Gasteiger partial charge is 0.482 e. The minimum Gasteiger partial charge on any atom is -0.482 e. The van der Waals surface area contributed by atoms with Crippen molar-refractivity contribution in [3.63, 3.8) is 0 Å². The molecule has 1 atom stereocenters. The zero-order valence-electron chi connectivity index (χ0n) is 11.6. The molecule has 0 spiro atoms. The summed E-state index contributed by atoms with van der Waals surface area (Å²) in [4.78, 5) is 21.0. The van der Waals surface area contributed by atoms with Gasteiger partial charge in [0.1, 0.15) is 17.2 Å². The van der Waals surface area contributed by atoms with E-state index in [1.54, 1.807) is 31.2 Å². The van der Waals surface area contributed by atoms with Crippen LogP contribution in [0, 0.1) is 10.1 Å². The van der Waals surface area contributed by atoms with Crippen molar-refractivity contribution in [2.24, 2.45) is 0 Å². The van der Waals surface area contributed by atoms with Crippen LogP contribution in [0.5, 0.6) is 17.2 Å². The second-order valence-corrected chi connectivity index (χ2v) is 4.76. The van der Waals surface area contributed by atoms with Crippen LogP contribution in [0.1, 0.15) is 6.92 Å². The molecule has 6 nitrogen and oxygen atoms in total. The molecule has 0 N–H and O–H groups in total. The molecule has 7 heteroatoms. The first-order chi connectivity index (χ1) is 10.5. The van der Waals surface area contributed by atoms with Gasteiger partial charge in [-0.1, -0.05) is 0 Å². The lowest BCUT2D eigenvalue weighted by Gasteiger charge is -2.11. The molecule has 0 radical (unpaired) electrons. The first-order valence-corrected chi connectivity index (χ1v) is 6.72. The molecule has 0 aliphatic carbocycles. The molecule has 0 aromatic heterocycles. The van der Waals surface area contributed by atoms with Gasteiger partial charge in [-0.15, -0.1) is 0 Å². The Kier molecular flexibility index (Phi) is 4.95. The maximum Gasteiger partial charge on any atom is 0.269 e. The van der Waals surface area contributed by atoms with Gasteiger partial charge < -0.3 is 9.47 Å². The summed E-state index contributed by atoms with van der Waals surface area (Å²) >= 11 is 5.32. The van der Waals surface area contributed by atoms with E-state index in [-0.39, 0.29) is 5.69 Å². The molecule has 0 heterocycles. The van der Waals surface area contributed by atoms with Crippen LogP contribution in [0.25, 0.3) is 0 Å². The highest BCUT2D eigenvalue weighted by Crippen LogP contribution is 2.26. The van der Waals surface area contributed by atoms with Gasteiger partial charge >= 0.3 is 0 Å². The predicted octanol–water partition coefficient (Wildman–Crippen LogP) is 3.92. The molecular formula is C15H12ClNO5. The Morgan fingerprint density at radius 3 is 1.95 bits per heavy atom. The Hall–Kier alpha value is -2.60. The Morgan fingerprint density at radius 2 is 1.50 bits per heavy atom. The average Bonchev–Trinajstić information content (AvgIpc) is 2.49. The maximum atomic E-state index is 10.9. The molecule has 0 saturated carbocycles. The van der Waals surface area contributed by atoms with Crippen LogP contribution in [0.3, 0.4) is 0 Å². The Morgan fingerprint density at radius 1 is 1.05 bits per heavy atom. The van der Waals surface area contributed by atoms with Gasteiger partial charge in [0, 0.05) is 12.1 Å². The smallest absolute Gasteiger partial charge is 0.269 e. The highest BCUT2D eigenvalue weighted by Gasteiger charge is 2.11. The summed E-state index contributed by atoms with van der Waals surface area (Å²) in [7, 11) is 0. The fourth-order valence-electron chi connectivity index (χ4n) is 1.61. The van der Waals surface area contributed by atoms with Crippen LogP contribution in [0.15, 0.2) is 48.5 Å². The van der Waals surface area contributed by atoms with E-state index in [1.165, 1.54) is 24.3 Å². The fourth-order valence-corrected chi connectivity index (χ4v) is 1.65. The number of carbonyl (C=O) groups excluding carboxylic acids is 1. The molecule has 114 valence electrons. The fraction of sp³-hybridized carbons (Fsp3) is 0.133. The molecule has 0 bridgehead atoms. The Labute approximate surface area is 131 Å². The molecule has 0 aliphatic heterocycles. The summed E-state index contributed by atoms with van der Waals surface area (Å²) in [5, 5.41) is 9.98. The first kappa shape index (κ1) is 15.8. The van der Waals surface area contributed by atoms with Gasteiger partial charge in [0.2, 0.25) is 0 Å². The number of halogens is 1. The van der Waals surface area contributed by atoms with E-state index in [9.17, 15) is 14.9 Å². The van der Waals surface area contributed by atoms with Crippen molar-refractivity contribution in [1.82, 2.24) is 0 Å². The number of ether oxygens (including phenoxy) is 2. The number of rotatable bonds is 6. The third kappa shape index (κ3) is 4.20. The maximum absolute atomic E-state index is 10.9. The number of non-ortho nitro benzene ring substituents is 1. The third-order valence-corrected chi connectivity index (χ3v) is 3.05. The van der Waals surface area contributed by atoms with E-state index in [1.807, 2.05) is 0 Å². The summed E-state index contributed by atoms with van der Waals surface area (Å²) in [6.07, 6.45) is -0.733. The second kappa shape index (κ2) is 6.91. The van der Waals surface area contributed by atoms with Crippen molar-refractivity contribution < 1.29 is 19.2 Å². The van der Waals surface area contributed by atoms with Crippen molar-refractivity contribution in [1.29, 1.82) is 0 Å². The molecular weight excluding hydrogens is 310 g/mol. The zero-order chi connectivity index (χ0) is 16.1. The van der Waals surface area contributed by atoms with Crippen LogP contribution in [0.2, 0.25) is 0 Å². The number of hydrogen-bond donors (Lipinski definition) is 0. The highest BCUT2D eigenvalue weighted by atomic mass is 35.5. The number of nitro benzene ring substituents is 1. The van der Waals surface area contributed by atoms with E-state index >= 15 is 0 Å². The lowest BCUT2D eigenvalue weighted by atomic mass is 10.3. The summed E-state index contributed by atoms with van der Waals surface area (Å²) in [6, 6.07) is 12.3. The molecule has 0 amide bonds. The summed E-state index contributed by atoms with van der Waals surface area (Å²) < 4.78 is 10.9. The van der Waals surface area contributed by atoms with Crippen LogP contribution in [0.4, 0.5) is 5.69 Å². The van der Waals surface area contributed by atoms with E-state index in [0.29, 0.717) is 17.2 Å². The second-order valence-electron chi connectivity index (χ2n) is 4.39. The topological polar surface area (TPSA) is 78.7 Å². The molecule has 0 aliphatic rings. The standard InChI is InChI=1S/C15H12ClNO5/c1-10(15(16)18)21-12-6-8-14(9-7-12)22-13-4-2-11(3-5-13)17(19)20/h2-10H,1H3. The van der Waals surface area contributed by atoms with Gasteiger partial charge in [-0.25, -0.2) is 0 Å². The van der Waals surface area contributed by atoms with Gasteiger partial charge in [-0.3, -0.25) is 14.9 Å². The Bertz CT molecular complexity index is 669. The van der Waals surface area contributed by atoms with Crippen molar-refractivity contribution in [3.05, 3.63) is 58.6 Å². The molecule has 2 aromatic carbocycles. The molecule has 22 heavy (non-hydrogen) atoms. The number of carbonyl (C=O) groups is 1. The van der Waals surface area contributed by atoms with Gasteiger partial charge in [-0.2, -0.15) is 0 Å². The summed E-state index contributed by atoms with van der Waals surface area (Å²) in [6.45, 7) is 1.55. The van der Waals surface area contributed by atoms with Crippen molar-refractivity contribution >= 4 is 22.5 Å². The quantitative estimate of drug-likeness (QED) is 0.457. The minimum absolute atomic E-state index is 0.00386. The van der Waals surface area contributed by atoms with E-state index < -0.39 is 16.3 Å². The van der Waals surface area contributed by atoms with Gasteiger partial charge in [-0.05, 0) is 54.9 Å². The van der Waals surface area contributed by atoms with Crippen molar-refractivity contribution in [2.75, 3.05) is 0 Å². The lowest BCUT2D eigenvalue weighted by molar-refractivity contribution is -0.384. The Balaban J connectivity index is 2.01. The number of nitrogens with zero attached hydrogens (tertiary/aromatic N) is 1.